The molecule has 1 amide bonds. The lowest BCUT2D eigenvalue weighted by Gasteiger charge is -2.14. The van der Waals surface area contributed by atoms with Crippen LogP contribution in [-0.2, 0) is 4.74 Å². The Hall–Kier alpha value is -3.73. The summed E-state index contributed by atoms with van der Waals surface area (Å²) in [6.07, 6.45) is 4.33. The van der Waals surface area contributed by atoms with Crippen LogP contribution in [0.3, 0.4) is 0 Å². The highest BCUT2D eigenvalue weighted by Crippen LogP contribution is 2.44. The van der Waals surface area contributed by atoms with Crippen molar-refractivity contribution in [1.82, 2.24) is 5.32 Å². The average molecular weight is 413 g/mol. The van der Waals surface area contributed by atoms with Gasteiger partial charge in [0.15, 0.2) is 11.5 Å². The molecule has 1 heterocycles. The number of nitrogens with one attached hydrogen (secondary N) is 1. The second-order valence-electron chi connectivity index (χ2n) is 7.56. The van der Waals surface area contributed by atoms with Crippen molar-refractivity contribution in [3.63, 3.8) is 0 Å². The number of carbonyl (C=O) groups excluding carboxylic acids is 1. The highest BCUT2D eigenvalue weighted by molar-refractivity contribution is 5.79. The summed E-state index contributed by atoms with van der Waals surface area (Å²) < 4.78 is 16.2. The Labute approximate surface area is 181 Å². The molecule has 0 bridgehead atoms. The molecule has 0 aromatic heterocycles. The van der Waals surface area contributed by atoms with Gasteiger partial charge in [-0.05, 0) is 46.4 Å². The molecule has 0 radical (unpaired) electrons. The normalized spacial score (nSPS) is 13.8. The lowest BCUT2D eigenvalue weighted by Crippen LogP contribution is -2.26. The smallest absolute Gasteiger partial charge is 0.407 e. The highest BCUT2D eigenvalue weighted by Gasteiger charge is 2.28. The molecule has 0 atom stereocenters. The third-order valence-electron chi connectivity index (χ3n) is 5.63. The van der Waals surface area contributed by atoms with E-state index in [0.717, 1.165) is 17.1 Å². The molecular formula is C26H23NO4. The SMILES string of the molecule is O=C(NCCC=Cc1ccc2c(c1)OCO2)OCC1c2ccccc2-c2ccccc21. The fraction of sp³-hybridized carbons (Fsp3) is 0.192. The van der Waals surface area contributed by atoms with E-state index in [1.165, 1.54) is 22.3 Å². The zero-order valence-corrected chi connectivity index (χ0v) is 17.0. The first-order valence-corrected chi connectivity index (χ1v) is 10.4. The van der Waals surface area contributed by atoms with Gasteiger partial charge < -0.3 is 19.5 Å². The van der Waals surface area contributed by atoms with Crippen molar-refractivity contribution in [1.29, 1.82) is 0 Å². The van der Waals surface area contributed by atoms with Gasteiger partial charge in [-0.1, -0.05) is 66.7 Å². The first kappa shape index (κ1) is 19.2. The molecule has 0 fully saturated rings. The average Bonchev–Trinajstić information content (AvgIpc) is 3.40. The standard InChI is InChI=1S/C26H23NO4/c28-26(27-14-6-5-7-18-12-13-24-25(15-18)31-17-30-24)29-16-23-21-10-3-1-8-19(21)20-9-2-4-11-22(20)23/h1-5,7-13,15,23H,6,14,16-17H2,(H,27,28). The van der Waals surface area contributed by atoms with Crippen LogP contribution < -0.4 is 14.8 Å². The second-order valence-corrected chi connectivity index (χ2v) is 7.56. The first-order valence-electron chi connectivity index (χ1n) is 10.4. The van der Waals surface area contributed by atoms with Crippen molar-refractivity contribution < 1.29 is 19.0 Å². The van der Waals surface area contributed by atoms with Gasteiger partial charge in [0.2, 0.25) is 6.79 Å². The molecule has 2 aliphatic rings. The van der Waals surface area contributed by atoms with Gasteiger partial charge in [0.1, 0.15) is 6.61 Å². The molecule has 0 saturated heterocycles. The van der Waals surface area contributed by atoms with Crippen LogP contribution in [0.2, 0.25) is 0 Å². The van der Waals surface area contributed by atoms with Gasteiger partial charge in [-0.25, -0.2) is 4.79 Å². The van der Waals surface area contributed by atoms with Crippen LogP contribution in [0.1, 0.15) is 29.0 Å². The summed E-state index contributed by atoms with van der Waals surface area (Å²) in [6, 6.07) is 22.4. The maximum Gasteiger partial charge on any atom is 0.407 e. The fourth-order valence-electron chi connectivity index (χ4n) is 4.14. The van der Waals surface area contributed by atoms with Crippen LogP contribution in [0.15, 0.2) is 72.8 Å². The molecule has 5 heteroatoms. The van der Waals surface area contributed by atoms with Crippen molar-refractivity contribution in [3.8, 4) is 22.6 Å². The quantitative estimate of drug-likeness (QED) is 0.553. The van der Waals surface area contributed by atoms with Crippen LogP contribution in [0.4, 0.5) is 4.79 Å². The zero-order chi connectivity index (χ0) is 21.0. The van der Waals surface area contributed by atoms with Crippen molar-refractivity contribution in [2.24, 2.45) is 0 Å². The van der Waals surface area contributed by atoms with Crippen LogP contribution in [-0.4, -0.2) is 26.0 Å². The van der Waals surface area contributed by atoms with E-state index in [0.29, 0.717) is 19.6 Å². The molecule has 1 aliphatic carbocycles. The molecule has 5 nitrogen and oxygen atoms in total. The van der Waals surface area contributed by atoms with Crippen LogP contribution in [0.5, 0.6) is 11.5 Å². The minimum Gasteiger partial charge on any atom is -0.454 e. The lowest BCUT2D eigenvalue weighted by atomic mass is 9.98. The Balaban J connectivity index is 1.11. The number of alkyl carbamates (subject to hydrolysis) is 1. The Bertz CT molecular complexity index is 1090. The largest absolute Gasteiger partial charge is 0.454 e. The maximum absolute atomic E-state index is 12.2. The van der Waals surface area contributed by atoms with E-state index in [-0.39, 0.29) is 12.7 Å². The molecule has 3 aromatic rings. The zero-order valence-electron chi connectivity index (χ0n) is 17.0. The summed E-state index contributed by atoms with van der Waals surface area (Å²) in [5, 5.41) is 2.83. The molecule has 0 saturated carbocycles. The fourth-order valence-corrected chi connectivity index (χ4v) is 4.14. The van der Waals surface area contributed by atoms with Gasteiger partial charge in [-0.15, -0.1) is 0 Å². The van der Waals surface area contributed by atoms with E-state index in [4.69, 9.17) is 14.2 Å². The minimum absolute atomic E-state index is 0.0732. The highest BCUT2D eigenvalue weighted by atomic mass is 16.7. The van der Waals surface area contributed by atoms with E-state index >= 15 is 0 Å². The second kappa shape index (κ2) is 8.56. The van der Waals surface area contributed by atoms with E-state index in [1.54, 1.807) is 0 Å². The van der Waals surface area contributed by atoms with E-state index in [2.05, 4.69) is 29.6 Å². The predicted octanol–water partition coefficient (Wildman–Crippen LogP) is 5.36. The minimum atomic E-state index is -0.390. The number of rotatable bonds is 6. The van der Waals surface area contributed by atoms with Gasteiger partial charge in [-0.2, -0.15) is 0 Å². The predicted molar refractivity (Wildman–Crippen MR) is 119 cm³/mol. The Kier molecular flexibility index (Phi) is 5.31. The van der Waals surface area contributed by atoms with E-state index < -0.39 is 6.09 Å². The molecule has 3 aromatic carbocycles. The summed E-state index contributed by atoms with van der Waals surface area (Å²) in [4.78, 5) is 12.2. The van der Waals surface area contributed by atoms with Gasteiger partial charge in [0.05, 0.1) is 0 Å². The Morgan fingerprint density at radius 3 is 2.45 bits per heavy atom. The van der Waals surface area contributed by atoms with Crippen molar-refractivity contribution in [2.45, 2.75) is 12.3 Å². The number of benzene rings is 3. The first-order chi connectivity index (χ1) is 15.3. The number of amides is 1. The number of hydrogen-bond acceptors (Lipinski definition) is 4. The number of hydrogen-bond donors (Lipinski definition) is 1. The Morgan fingerprint density at radius 2 is 1.68 bits per heavy atom. The van der Waals surface area contributed by atoms with Gasteiger partial charge in [0.25, 0.3) is 0 Å². The van der Waals surface area contributed by atoms with Gasteiger partial charge >= 0.3 is 6.09 Å². The van der Waals surface area contributed by atoms with Crippen LogP contribution in [0.25, 0.3) is 17.2 Å². The third-order valence-corrected chi connectivity index (χ3v) is 5.63. The monoisotopic (exact) mass is 413 g/mol. The summed E-state index contributed by atoms with van der Waals surface area (Å²) in [6.45, 7) is 1.11. The van der Waals surface area contributed by atoms with Crippen molar-refractivity contribution in [2.75, 3.05) is 19.9 Å². The van der Waals surface area contributed by atoms with Gasteiger partial charge in [0, 0.05) is 12.5 Å². The number of ether oxygens (including phenoxy) is 3. The van der Waals surface area contributed by atoms with Gasteiger partial charge in [-0.3, -0.25) is 0 Å². The summed E-state index contributed by atoms with van der Waals surface area (Å²) in [5.74, 6) is 1.61. The number of fused-ring (bicyclic) bond motifs is 4. The molecule has 1 N–H and O–H groups in total. The van der Waals surface area contributed by atoms with Crippen molar-refractivity contribution in [3.05, 3.63) is 89.5 Å². The molecule has 31 heavy (non-hydrogen) atoms. The summed E-state index contributed by atoms with van der Waals surface area (Å²) in [7, 11) is 0. The topological polar surface area (TPSA) is 56.8 Å². The molecule has 5 rings (SSSR count). The maximum atomic E-state index is 12.2. The Morgan fingerprint density at radius 1 is 0.968 bits per heavy atom. The summed E-state index contributed by atoms with van der Waals surface area (Å²) in [5.41, 5.74) is 5.90. The number of carbonyl (C=O) groups is 1. The lowest BCUT2D eigenvalue weighted by molar-refractivity contribution is 0.143. The van der Waals surface area contributed by atoms with E-state index in [9.17, 15) is 4.79 Å². The molecule has 1 aliphatic heterocycles. The summed E-state index contributed by atoms with van der Waals surface area (Å²) >= 11 is 0. The molecule has 0 unspecified atom stereocenters. The van der Waals surface area contributed by atoms with E-state index in [1.807, 2.05) is 54.6 Å². The molecular weight excluding hydrogens is 390 g/mol. The molecule has 0 spiro atoms. The van der Waals surface area contributed by atoms with Crippen LogP contribution >= 0.6 is 0 Å². The van der Waals surface area contributed by atoms with Crippen molar-refractivity contribution >= 4 is 12.2 Å². The van der Waals surface area contributed by atoms with Crippen LogP contribution in [0, 0.1) is 0 Å². The molecule has 156 valence electrons. The third kappa shape index (κ3) is 3.99.